The van der Waals surface area contributed by atoms with Crippen molar-refractivity contribution in [2.75, 3.05) is 0 Å². The Morgan fingerprint density at radius 1 is 0.275 bits per heavy atom. The van der Waals surface area contributed by atoms with E-state index >= 15 is 0 Å². The van der Waals surface area contributed by atoms with Crippen molar-refractivity contribution in [3.63, 3.8) is 0 Å². The summed E-state index contributed by atoms with van der Waals surface area (Å²) >= 11 is 0. The Bertz CT molecular complexity index is 2100. The molecule has 1 heterocycles. The van der Waals surface area contributed by atoms with Crippen LogP contribution in [0.1, 0.15) is 31.1 Å². The lowest BCUT2D eigenvalue weighted by Gasteiger charge is -2.10. The fourth-order valence-corrected chi connectivity index (χ4v) is 5.61. The van der Waals surface area contributed by atoms with Gasteiger partial charge in [0, 0.05) is 16.7 Å². The zero-order chi connectivity index (χ0) is 35.5. The van der Waals surface area contributed by atoms with Crippen LogP contribution < -0.4 is 0 Å². The van der Waals surface area contributed by atoms with Crippen LogP contribution in [-0.2, 0) is 0 Å². The van der Waals surface area contributed by atoms with Gasteiger partial charge in [-0.2, -0.15) is 0 Å². The highest BCUT2D eigenvalue weighted by molar-refractivity contribution is 5.89. The first-order valence-electron chi connectivity index (χ1n) is 15.8. The highest BCUT2D eigenvalue weighted by Crippen LogP contribution is 2.30. The van der Waals surface area contributed by atoms with Gasteiger partial charge in [0.25, 0.3) is 0 Å². The van der Waals surface area contributed by atoms with Gasteiger partial charge >= 0.3 is 17.9 Å². The Morgan fingerprint density at radius 3 is 0.608 bits per heavy atom. The highest BCUT2D eigenvalue weighted by atomic mass is 16.4. The molecule has 246 valence electrons. The second-order valence-corrected chi connectivity index (χ2v) is 11.7. The van der Waals surface area contributed by atoms with Crippen LogP contribution in [0, 0.1) is 0 Å². The summed E-state index contributed by atoms with van der Waals surface area (Å²) in [6.07, 6.45) is 0. The molecule has 7 aromatic rings. The fourth-order valence-electron chi connectivity index (χ4n) is 5.61. The van der Waals surface area contributed by atoms with E-state index in [1.807, 2.05) is 72.8 Å². The van der Waals surface area contributed by atoms with Gasteiger partial charge in [0.1, 0.15) is 0 Å². The van der Waals surface area contributed by atoms with Gasteiger partial charge in [-0.15, -0.1) is 0 Å². The molecule has 0 saturated carbocycles. The van der Waals surface area contributed by atoms with Crippen LogP contribution in [0.15, 0.2) is 146 Å². The Balaban J connectivity index is 1.24. The topological polar surface area (TPSA) is 151 Å². The lowest BCUT2D eigenvalue weighted by Crippen LogP contribution is -2.00. The van der Waals surface area contributed by atoms with Crippen molar-refractivity contribution in [3.05, 3.63) is 162 Å². The summed E-state index contributed by atoms with van der Waals surface area (Å²) in [6.45, 7) is 0. The second kappa shape index (κ2) is 13.7. The van der Waals surface area contributed by atoms with E-state index in [1.165, 1.54) is 0 Å². The number of benzene rings is 6. The smallest absolute Gasteiger partial charge is 0.335 e. The van der Waals surface area contributed by atoms with E-state index in [-0.39, 0.29) is 16.7 Å². The lowest BCUT2D eigenvalue weighted by atomic mass is 10.0. The number of hydrogen-bond donors (Lipinski definition) is 3. The van der Waals surface area contributed by atoms with Gasteiger partial charge < -0.3 is 15.3 Å². The van der Waals surface area contributed by atoms with E-state index in [1.54, 1.807) is 72.8 Å². The second-order valence-electron chi connectivity index (χ2n) is 11.7. The molecule has 51 heavy (non-hydrogen) atoms. The lowest BCUT2D eigenvalue weighted by molar-refractivity contribution is 0.0686. The van der Waals surface area contributed by atoms with Crippen molar-refractivity contribution < 1.29 is 29.7 Å². The Labute approximate surface area is 291 Å². The van der Waals surface area contributed by atoms with E-state index in [9.17, 15) is 29.7 Å². The standard InChI is InChI=1S/C42H27N3O6/c46-40(47)34-19-7-28(8-20-34)25-1-13-31(14-2-25)37-43-38(32-15-3-26(4-16-32)29-9-21-35(22-10-29)41(48)49)45-39(44-37)33-17-5-27(6-18-33)30-11-23-36(24-12-30)42(50)51/h1-24H,(H,46,47)(H,48,49)(H,50,51). The van der Waals surface area contributed by atoms with Crippen molar-refractivity contribution in [3.8, 4) is 67.5 Å². The van der Waals surface area contributed by atoms with Crippen molar-refractivity contribution in [1.82, 2.24) is 15.0 Å². The predicted octanol–water partition coefficient (Wildman–Crippen LogP) is 8.97. The molecule has 0 fully saturated rings. The number of hydrogen-bond acceptors (Lipinski definition) is 6. The molecule has 0 atom stereocenters. The third kappa shape index (κ3) is 6.99. The molecule has 7 rings (SSSR count). The van der Waals surface area contributed by atoms with Gasteiger partial charge in [-0.05, 0) is 69.8 Å². The van der Waals surface area contributed by atoms with Gasteiger partial charge in [0.05, 0.1) is 16.7 Å². The fraction of sp³-hybridized carbons (Fsp3) is 0. The first-order chi connectivity index (χ1) is 24.7. The minimum absolute atomic E-state index is 0.217. The van der Waals surface area contributed by atoms with Crippen LogP contribution in [0.2, 0.25) is 0 Å². The molecule has 0 bridgehead atoms. The maximum absolute atomic E-state index is 11.3. The minimum atomic E-state index is -0.980. The normalized spacial score (nSPS) is 10.8. The summed E-state index contributed by atoms with van der Waals surface area (Å²) < 4.78 is 0. The zero-order valence-electron chi connectivity index (χ0n) is 26.8. The number of carboxylic acid groups (broad SMARTS) is 3. The molecule has 0 aliphatic rings. The molecular formula is C42H27N3O6. The van der Waals surface area contributed by atoms with Crippen LogP contribution in [-0.4, -0.2) is 48.2 Å². The van der Waals surface area contributed by atoms with E-state index < -0.39 is 17.9 Å². The Kier molecular flexibility index (Phi) is 8.67. The number of aromatic nitrogens is 3. The quantitative estimate of drug-likeness (QED) is 0.137. The third-order valence-corrected chi connectivity index (χ3v) is 8.46. The molecule has 0 spiro atoms. The number of nitrogens with zero attached hydrogens (tertiary/aromatic N) is 3. The largest absolute Gasteiger partial charge is 0.478 e. The number of rotatable bonds is 9. The Hall–Kier alpha value is -7.26. The third-order valence-electron chi connectivity index (χ3n) is 8.46. The molecule has 6 aromatic carbocycles. The zero-order valence-corrected chi connectivity index (χ0v) is 26.8. The van der Waals surface area contributed by atoms with Crippen molar-refractivity contribution in [2.45, 2.75) is 0 Å². The van der Waals surface area contributed by atoms with Crippen LogP contribution in [0.5, 0.6) is 0 Å². The highest BCUT2D eigenvalue weighted by Gasteiger charge is 2.14. The van der Waals surface area contributed by atoms with Gasteiger partial charge in [0.15, 0.2) is 17.5 Å². The molecule has 0 unspecified atom stereocenters. The van der Waals surface area contributed by atoms with Crippen LogP contribution in [0.25, 0.3) is 67.5 Å². The Morgan fingerprint density at radius 2 is 0.431 bits per heavy atom. The van der Waals surface area contributed by atoms with Crippen LogP contribution in [0.4, 0.5) is 0 Å². The first kappa shape index (κ1) is 32.3. The van der Waals surface area contributed by atoms with E-state index in [4.69, 9.17) is 15.0 Å². The summed E-state index contributed by atoms with van der Waals surface area (Å²) in [6, 6.07) is 43.1. The SMILES string of the molecule is O=C(O)c1ccc(-c2ccc(-c3nc(-c4ccc(-c5ccc(C(=O)O)cc5)cc4)nc(-c4ccc(-c5ccc(C(=O)O)cc5)cc4)n3)cc2)cc1. The molecule has 9 nitrogen and oxygen atoms in total. The molecule has 0 saturated heterocycles. The van der Waals surface area contributed by atoms with Crippen LogP contribution in [0.3, 0.4) is 0 Å². The van der Waals surface area contributed by atoms with E-state index in [0.717, 1.165) is 50.1 Å². The van der Waals surface area contributed by atoms with E-state index in [2.05, 4.69) is 0 Å². The summed E-state index contributed by atoms with van der Waals surface area (Å²) in [4.78, 5) is 48.4. The van der Waals surface area contributed by atoms with Gasteiger partial charge in [-0.3, -0.25) is 0 Å². The van der Waals surface area contributed by atoms with Crippen molar-refractivity contribution in [2.24, 2.45) is 0 Å². The maximum Gasteiger partial charge on any atom is 0.335 e. The van der Waals surface area contributed by atoms with Gasteiger partial charge in [0.2, 0.25) is 0 Å². The first-order valence-corrected chi connectivity index (χ1v) is 15.8. The molecular weight excluding hydrogens is 642 g/mol. The molecule has 0 aliphatic carbocycles. The van der Waals surface area contributed by atoms with Crippen LogP contribution >= 0.6 is 0 Å². The molecule has 0 radical (unpaired) electrons. The van der Waals surface area contributed by atoms with Crippen molar-refractivity contribution in [1.29, 1.82) is 0 Å². The summed E-state index contributed by atoms with van der Waals surface area (Å²) in [5.41, 5.74) is 8.27. The molecule has 0 aliphatic heterocycles. The number of carbonyl (C=O) groups is 3. The summed E-state index contributed by atoms with van der Waals surface area (Å²) in [5, 5.41) is 27.7. The van der Waals surface area contributed by atoms with Crippen molar-refractivity contribution >= 4 is 17.9 Å². The molecule has 9 heteroatoms. The average Bonchev–Trinajstić information content (AvgIpc) is 3.18. The maximum atomic E-state index is 11.3. The van der Waals surface area contributed by atoms with E-state index in [0.29, 0.717) is 17.5 Å². The summed E-state index contributed by atoms with van der Waals surface area (Å²) in [7, 11) is 0. The number of aromatic carboxylic acids is 3. The van der Waals surface area contributed by atoms with Gasteiger partial charge in [-0.25, -0.2) is 29.3 Å². The minimum Gasteiger partial charge on any atom is -0.478 e. The number of carboxylic acids is 3. The molecule has 3 N–H and O–H groups in total. The molecule has 0 amide bonds. The summed E-state index contributed by atoms with van der Waals surface area (Å²) in [5.74, 6) is -1.55. The molecule has 1 aromatic heterocycles. The van der Waals surface area contributed by atoms with Gasteiger partial charge in [-0.1, -0.05) is 109 Å². The monoisotopic (exact) mass is 669 g/mol. The predicted molar refractivity (Wildman–Crippen MR) is 193 cm³/mol. The average molecular weight is 670 g/mol.